The summed E-state index contributed by atoms with van der Waals surface area (Å²) < 4.78 is 41.9. The molecule has 2 N–H and O–H groups in total. The van der Waals surface area contributed by atoms with Crippen LogP contribution in [0, 0.1) is 5.92 Å². The van der Waals surface area contributed by atoms with Gasteiger partial charge in [-0.25, -0.2) is 0 Å². The number of aromatic hydroxyl groups is 1. The zero-order valence-corrected chi connectivity index (χ0v) is 18.3. The number of amidine groups is 1. The molecule has 2 aliphatic heterocycles. The number of hydrogen-bond acceptors (Lipinski definition) is 7. The van der Waals surface area contributed by atoms with Crippen LogP contribution in [0.5, 0.6) is 17.2 Å². The maximum absolute atomic E-state index is 13.6. The Morgan fingerprint density at radius 2 is 1.97 bits per heavy atom. The minimum absolute atomic E-state index is 0.00165. The number of pyridine rings is 1. The summed E-state index contributed by atoms with van der Waals surface area (Å²) in [6.07, 6.45) is 0.703. The Balaban J connectivity index is 1.81. The molecule has 9 nitrogen and oxygen atoms in total. The van der Waals surface area contributed by atoms with Crippen LogP contribution >= 0.6 is 0 Å². The number of para-hydroxylation sites is 1. The van der Waals surface area contributed by atoms with E-state index in [1.807, 2.05) is 13.8 Å². The Kier molecular flexibility index (Phi) is 4.63. The first kappa shape index (κ1) is 20.4. The standard InChI is InChI=1S/C22H21N3O6S/c1-12(2)9-10-25-14-7-8-15-20(31-11-30-15)17(14)19(26)18(22(25)27)21-23-13-5-3-4-6-16(13)32(28,29)24-21/h3-8,12,26H,9-11H2,1-2H3,(H,23,24). The molecule has 1 aromatic heterocycles. The van der Waals surface area contributed by atoms with E-state index in [0.717, 1.165) is 0 Å². The van der Waals surface area contributed by atoms with Crippen molar-refractivity contribution in [1.29, 1.82) is 0 Å². The molecule has 2 aliphatic rings. The Bertz CT molecular complexity index is 1460. The predicted molar refractivity (Wildman–Crippen MR) is 119 cm³/mol. The lowest BCUT2D eigenvalue weighted by molar-refractivity contribution is 0.174. The molecule has 0 atom stereocenters. The maximum atomic E-state index is 13.6. The predicted octanol–water partition coefficient (Wildman–Crippen LogP) is 3.04. The number of anilines is 1. The lowest BCUT2D eigenvalue weighted by Crippen LogP contribution is -2.33. The molecule has 0 aliphatic carbocycles. The van der Waals surface area contributed by atoms with E-state index < -0.39 is 21.3 Å². The minimum atomic E-state index is -4.07. The van der Waals surface area contributed by atoms with Gasteiger partial charge in [-0.2, -0.15) is 8.42 Å². The fraction of sp³-hybridized carbons (Fsp3) is 0.273. The van der Waals surface area contributed by atoms with E-state index in [9.17, 15) is 18.3 Å². The minimum Gasteiger partial charge on any atom is -0.506 e. The van der Waals surface area contributed by atoms with E-state index in [1.165, 1.54) is 10.6 Å². The van der Waals surface area contributed by atoms with Gasteiger partial charge < -0.3 is 24.5 Å². The lowest BCUT2D eigenvalue weighted by atomic mass is 10.1. The molecule has 10 heteroatoms. The highest BCUT2D eigenvalue weighted by Gasteiger charge is 2.31. The number of nitrogens with zero attached hydrogens (tertiary/aromatic N) is 2. The van der Waals surface area contributed by atoms with Crippen molar-refractivity contribution < 1.29 is 23.0 Å². The van der Waals surface area contributed by atoms with E-state index in [4.69, 9.17) is 9.47 Å². The van der Waals surface area contributed by atoms with E-state index in [0.29, 0.717) is 35.9 Å². The number of sulfonamides is 1. The van der Waals surface area contributed by atoms with Gasteiger partial charge in [0.05, 0.1) is 16.6 Å². The molecule has 0 spiro atoms. The molecule has 2 aromatic carbocycles. The number of benzene rings is 2. The highest BCUT2D eigenvalue weighted by Crippen LogP contribution is 2.44. The molecule has 0 radical (unpaired) electrons. The molecule has 0 saturated heterocycles. The monoisotopic (exact) mass is 455 g/mol. The van der Waals surface area contributed by atoms with Crippen molar-refractivity contribution in [3.05, 3.63) is 52.3 Å². The highest BCUT2D eigenvalue weighted by atomic mass is 32.2. The third-order valence-electron chi connectivity index (χ3n) is 5.54. The first-order valence-corrected chi connectivity index (χ1v) is 11.6. The van der Waals surface area contributed by atoms with Gasteiger partial charge in [-0.05, 0) is 36.6 Å². The van der Waals surface area contributed by atoms with Crippen LogP contribution in [0.15, 0.2) is 50.5 Å². The van der Waals surface area contributed by atoms with Crippen molar-refractivity contribution >= 4 is 32.4 Å². The van der Waals surface area contributed by atoms with Crippen LogP contribution in [-0.2, 0) is 16.6 Å². The van der Waals surface area contributed by atoms with Crippen LogP contribution in [0.3, 0.4) is 0 Å². The molecule has 32 heavy (non-hydrogen) atoms. The molecular weight excluding hydrogens is 434 g/mol. The second-order valence-corrected chi connectivity index (χ2v) is 9.67. The molecule has 3 heterocycles. The van der Waals surface area contributed by atoms with E-state index in [-0.39, 0.29) is 34.2 Å². The van der Waals surface area contributed by atoms with Crippen LogP contribution in [0.2, 0.25) is 0 Å². The van der Waals surface area contributed by atoms with Gasteiger partial charge in [0, 0.05) is 6.54 Å². The summed E-state index contributed by atoms with van der Waals surface area (Å²) in [5.41, 5.74) is -0.0256. The highest BCUT2D eigenvalue weighted by molar-refractivity contribution is 7.90. The van der Waals surface area contributed by atoms with Crippen LogP contribution in [0.4, 0.5) is 5.69 Å². The average Bonchev–Trinajstić information content (AvgIpc) is 3.21. The Hall–Kier alpha value is -3.53. The zero-order valence-electron chi connectivity index (χ0n) is 17.5. The molecule has 166 valence electrons. The third-order valence-corrected chi connectivity index (χ3v) is 6.87. The molecule has 0 saturated carbocycles. The van der Waals surface area contributed by atoms with Crippen molar-refractivity contribution in [2.75, 3.05) is 12.1 Å². The summed E-state index contributed by atoms with van der Waals surface area (Å²) in [5.74, 6) is 0.418. The van der Waals surface area contributed by atoms with E-state index >= 15 is 0 Å². The Morgan fingerprint density at radius 1 is 1.19 bits per heavy atom. The number of nitrogens with one attached hydrogen (secondary N) is 1. The first-order chi connectivity index (χ1) is 15.3. The van der Waals surface area contributed by atoms with E-state index in [2.05, 4.69) is 9.71 Å². The van der Waals surface area contributed by atoms with Gasteiger partial charge in [0.25, 0.3) is 15.6 Å². The van der Waals surface area contributed by atoms with Gasteiger partial charge in [-0.1, -0.05) is 26.0 Å². The van der Waals surface area contributed by atoms with Gasteiger partial charge >= 0.3 is 0 Å². The van der Waals surface area contributed by atoms with E-state index in [1.54, 1.807) is 30.3 Å². The fourth-order valence-electron chi connectivity index (χ4n) is 3.93. The largest absolute Gasteiger partial charge is 0.506 e. The molecule has 0 bridgehead atoms. The van der Waals surface area contributed by atoms with Crippen molar-refractivity contribution in [2.45, 2.75) is 31.7 Å². The smallest absolute Gasteiger partial charge is 0.286 e. The molecule has 5 rings (SSSR count). The van der Waals surface area contributed by atoms with Crippen LogP contribution < -0.4 is 20.3 Å². The number of rotatable bonds is 4. The average molecular weight is 455 g/mol. The fourth-order valence-corrected chi connectivity index (χ4v) is 5.06. The Morgan fingerprint density at radius 3 is 2.75 bits per heavy atom. The topological polar surface area (TPSA) is 119 Å². The van der Waals surface area contributed by atoms with Crippen LogP contribution in [0.1, 0.15) is 25.8 Å². The second kappa shape index (κ2) is 7.27. The van der Waals surface area contributed by atoms with Crippen molar-refractivity contribution in [1.82, 2.24) is 4.57 Å². The summed E-state index contributed by atoms with van der Waals surface area (Å²) in [6, 6.07) is 9.64. The SMILES string of the molecule is CC(C)CCn1c(=O)c(C2=NS(=O)(=O)c3ccccc3N2)c(O)c2c3c(ccc21)OCO3. The second-order valence-electron chi connectivity index (χ2n) is 8.09. The molecular formula is C22H21N3O6S. The molecule has 0 amide bonds. The molecule has 3 aromatic rings. The summed E-state index contributed by atoms with van der Waals surface area (Å²) in [6.45, 7) is 4.44. The number of aryl methyl sites for hydroxylation is 1. The van der Waals surface area contributed by atoms with Crippen LogP contribution in [-0.4, -0.2) is 30.7 Å². The zero-order chi connectivity index (χ0) is 22.6. The molecule has 0 fully saturated rings. The normalized spacial score (nSPS) is 16.0. The summed E-state index contributed by atoms with van der Waals surface area (Å²) in [5, 5.41) is 14.4. The summed E-state index contributed by atoms with van der Waals surface area (Å²) in [7, 11) is -4.07. The summed E-state index contributed by atoms with van der Waals surface area (Å²) >= 11 is 0. The third kappa shape index (κ3) is 3.10. The quantitative estimate of drug-likeness (QED) is 0.621. The van der Waals surface area contributed by atoms with Gasteiger partial charge in [0.2, 0.25) is 6.79 Å². The number of hydrogen-bond donors (Lipinski definition) is 2. The van der Waals surface area contributed by atoms with Gasteiger partial charge in [-0.15, -0.1) is 4.40 Å². The number of aromatic nitrogens is 1. The van der Waals surface area contributed by atoms with Gasteiger partial charge in [-0.3, -0.25) is 4.79 Å². The van der Waals surface area contributed by atoms with Crippen molar-refractivity contribution in [3.8, 4) is 17.2 Å². The van der Waals surface area contributed by atoms with Crippen LogP contribution in [0.25, 0.3) is 10.9 Å². The molecule has 0 unspecified atom stereocenters. The number of fused-ring (bicyclic) bond motifs is 4. The lowest BCUT2D eigenvalue weighted by Gasteiger charge is -2.21. The van der Waals surface area contributed by atoms with Crippen molar-refractivity contribution in [2.24, 2.45) is 10.3 Å². The number of ether oxygens (including phenoxy) is 2. The van der Waals surface area contributed by atoms with Gasteiger partial charge in [0.15, 0.2) is 17.3 Å². The van der Waals surface area contributed by atoms with Gasteiger partial charge in [0.1, 0.15) is 16.2 Å². The first-order valence-electron chi connectivity index (χ1n) is 10.2. The van der Waals surface area contributed by atoms with Crippen molar-refractivity contribution in [3.63, 3.8) is 0 Å². The Labute approximate surface area is 184 Å². The summed E-state index contributed by atoms with van der Waals surface area (Å²) in [4.78, 5) is 13.6. The maximum Gasteiger partial charge on any atom is 0.286 e.